The van der Waals surface area contributed by atoms with Gasteiger partial charge in [0, 0.05) is 23.2 Å². The van der Waals surface area contributed by atoms with Crippen molar-refractivity contribution >= 4 is 23.4 Å². The van der Waals surface area contributed by atoms with Crippen molar-refractivity contribution in [3.63, 3.8) is 0 Å². The van der Waals surface area contributed by atoms with E-state index in [1.807, 2.05) is 0 Å². The number of hydrogen-bond acceptors (Lipinski definition) is 11. The van der Waals surface area contributed by atoms with Gasteiger partial charge in [-0.1, -0.05) is 25.5 Å². The Morgan fingerprint density at radius 2 is 1.93 bits per heavy atom. The Balaban J connectivity index is 1.42. The zero-order valence-electron chi connectivity index (χ0n) is 23.5. The molecule has 0 aliphatic heterocycles. The second kappa shape index (κ2) is 11.3. The highest BCUT2D eigenvalue weighted by atomic mass is 19.1. The standard InChI is InChI=1S/C28H39FN2O10/c1-16-11-20-19-7-6-17-12-18(32)8-9-25(17,2)27(19,29)21(33)13-26(20,3)28(16,37)22(34)15-40-24(36)14-30-23(35)5-4-10-41-31(38)39/h8-9,12,16,19-21,33,37-39H,4-7,10-11,13-15H2,1-3H3,(H,30,35)/t16-,19+,20+,21+,25+,26+,27+,28+/m1/s1. The van der Waals surface area contributed by atoms with E-state index in [9.17, 15) is 29.4 Å². The number of carbonyl (C=O) groups is 4. The molecule has 5 N–H and O–H groups in total. The van der Waals surface area contributed by atoms with Crippen molar-refractivity contribution in [2.75, 3.05) is 19.8 Å². The maximum atomic E-state index is 17.2. The number of esters is 1. The molecule has 3 fully saturated rings. The first kappa shape index (κ1) is 31.4. The predicted octanol–water partition coefficient (Wildman–Crippen LogP) is 1.36. The van der Waals surface area contributed by atoms with Crippen molar-refractivity contribution < 1.29 is 53.8 Å². The zero-order valence-corrected chi connectivity index (χ0v) is 23.5. The molecule has 12 nitrogen and oxygen atoms in total. The highest BCUT2D eigenvalue weighted by molar-refractivity contribution is 6.01. The van der Waals surface area contributed by atoms with Crippen LogP contribution in [0.2, 0.25) is 0 Å². The van der Waals surface area contributed by atoms with Gasteiger partial charge < -0.3 is 20.3 Å². The Hall–Kier alpha value is -2.55. The number of allylic oxidation sites excluding steroid dienone is 4. The molecule has 4 aliphatic carbocycles. The molecule has 0 aromatic heterocycles. The lowest BCUT2D eigenvalue weighted by Crippen LogP contribution is -2.69. The van der Waals surface area contributed by atoms with Crippen LogP contribution in [0.5, 0.6) is 0 Å². The van der Waals surface area contributed by atoms with Crippen LogP contribution in [-0.2, 0) is 28.8 Å². The fraction of sp³-hybridized carbons (Fsp3) is 0.714. The van der Waals surface area contributed by atoms with Crippen molar-refractivity contribution in [2.24, 2.45) is 28.6 Å². The Morgan fingerprint density at radius 1 is 1.22 bits per heavy atom. The molecular weight excluding hydrogens is 543 g/mol. The number of amides is 1. The maximum Gasteiger partial charge on any atom is 0.325 e. The number of halogens is 1. The molecular formula is C28H39FN2O10. The summed E-state index contributed by atoms with van der Waals surface area (Å²) < 4.78 is 22.3. The van der Waals surface area contributed by atoms with Crippen LogP contribution in [0.4, 0.5) is 4.39 Å². The van der Waals surface area contributed by atoms with Crippen LogP contribution in [-0.4, -0.2) is 86.6 Å². The number of fused-ring (bicyclic) bond motifs is 5. The molecule has 0 bridgehead atoms. The van der Waals surface area contributed by atoms with Gasteiger partial charge in [0.2, 0.25) is 11.7 Å². The van der Waals surface area contributed by atoms with Crippen LogP contribution in [0.1, 0.15) is 59.3 Å². The molecule has 0 aromatic rings. The normalized spacial score (nSPS) is 39.4. The third-order valence-corrected chi connectivity index (χ3v) is 10.2. The molecule has 1 amide bonds. The number of aliphatic hydroxyl groups excluding tert-OH is 1. The lowest BCUT2D eigenvalue weighted by molar-refractivity contribution is -0.492. The van der Waals surface area contributed by atoms with E-state index in [2.05, 4.69) is 10.2 Å². The lowest BCUT2D eigenvalue weighted by atomic mass is 9.44. The summed E-state index contributed by atoms with van der Waals surface area (Å²) in [5.74, 6) is -4.14. The molecule has 3 saturated carbocycles. The van der Waals surface area contributed by atoms with E-state index < -0.39 is 82.2 Å². The molecule has 0 radical (unpaired) electrons. The summed E-state index contributed by atoms with van der Waals surface area (Å²) >= 11 is 0. The number of hydrogen-bond donors (Lipinski definition) is 5. The minimum Gasteiger partial charge on any atom is -0.456 e. The van der Waals surface area contributed by atoms with Gasteiger partial charge >= 0.3 is 5.97 Å². The molecule has 4 aliphatic rings. The van der Waals surface area contributed by atoms with E-state index in [1.165, 1.54) is 12.2 Å². The van der Waals surface area contributed by atoms with Crippen molar-refractivity contribution in [2.45, 2.75) is 76.7 Å². The Bertz CT molecular complexity index is 1160. The Kier molecular flexibility index (Phi) is 8.63. The largest absolute Gasteiger partial charge is 0.456 e. The molecule has 41 heavy (non-hydrogen) atoms. The van der Waals surface area contributed by atoms with E-state index in [1.54, 1.807) is 26.8 Å². The maximum absolute atomic E-state index is 17.2. The number of ether oxygens (including phenoxy) is 1. The van der Waals surface area contributed by atoms with Gasteiger partial charge in [-0.3, -0.25) is 34.4 Å². The lowest BCUT2D eigenvalue weighted by Gasteiger charge is -2.62. The minimum atomic E-state index is -2.10. The highest BCUT2D eigenvalue weighted by Gasteiger charge is 2.75. The number of Topliss-reactive ketones (excluding diaryl/α,β-unsaturated/α-hetero) is 1. The summed E-state index contributed by atoms with van der Waals surface area (Å²) in [6, 6.07) is 0. The van der Waals surface area contributed by atoms with Gasteiger partial charge in [0.05, 0.1) is 18.1 Å². The summed E-state index contributed by atoms with van der Waals surface area (Å²) in [7, 11) is 0. The number of nitrogens with zero attached hydrogens (tertiary/aromatic N) is 1. The number of nitrogens with one attached hydrogen (secondary N) is 1. The summed E-state index contributed by atoms with van der Waals surface area (Å²) in [4.78, 5) is 53.9. The average molecular weight is 583 g/mol. The van der Waals surface area contributed by atoms with Gasteiger partial charge in [0.25, 0.3) is 0 Å². The van der Waals surface area contributed by atoms with E-state index >= 15 is 4.39 Å². The Morgan fingerprint density at radius 3 is 2.61 bits per heavy atom. The molecule has 0 unspecified atom stereocenters. The van der Waals surface area contributed by atoms with Gasteiger partial charge in [-0.25, -0.2) is 4.39 Å². The van der Waals surface area contributed by atoms with Crippen molar-refractivity contribution in [3.8, 4) is 0 Å². The van der Waals surface area contributed by atoms with Gasteiger partial charge in [0.1, 0.15) is 12.1 Å². The Labute approximate surface area is 237 Å². The number of ketones is 2. The van der Waals surface area contributed by atoms with Crippen LogP contribution in [0, 0.1) is 28.6 Å². The van der Waals surface area contributed by atoms with Crippen LogP contribution in [0.3, 0.4) is 0 Å². The fourth-order valence-corrected chi connectivity index (χ4v) is 8.09. The molecule has 8 atom stereocenters. The van der Waals surface area contributed by atoms with E-state index in [-0.39, 0.29) is 31.7 Å². The SMILES string of the molecule is C[C@@H]1C[C@H]2[C@@H]3CCC4=CC(=O)C=C[C@]4(C)[C@@]3(F)[C@@H](O)C[C@]2(C)[C@@]1(O)C(=O)COC(=O)CNC(=O)CCCON(O)O. The van der Waals surface area contributed by atoms with Crippen LogP contribution in [0.15, 0.2) is 23.8 Å². The molecule has 0 aromatic carbocycles. The van der Waals surface area contributed by atoms with Crippen LogP contribution < -0.4 is 5.32 Å². The quantitative estimate of drug-likeness (QED) is 0.142. The van der Waals surface area contributed by atoms with Gasteiger partial charge in [-0.2, -0.15) is 0 Å². The fourth-order valence-electron chi connectivity index (χ4n) is 8.09. The van der Waals surface area contributed by atoms with E-state index in [4.69, 9.17) is 15.2 Å². The van der Waals surface area contributed by atoms with Gasteiger partial charge in [0.15, 0.2) is 18.1 Å². The molecule has 0 heterocycles. The number of rotatable bonds is 10. The zero-order chi connectivity index (χ0) is 30.4. The highest BCUT2D eigenvalue weighted by Crippen LogP contribution is 2.70. The average Bonchev–Trinajstić information content (AvgIpc) is 3.11. The third kappa shape index (κ3) is 5.06. The molecule has 0 saturated heterocycles. The minimum absolute atomic E-state index is 0.0704. The molecule has 228 valence electrons. The summed E-state index contributed by atoms with van der Waals surface area (Å²) in [6.45, 7) is 3.64. The van der Waals surface area contributed by atoms with Crippen molar-refractivity contribution in [1.29, 1.82) is 0 Å². The molecule has 13 heteroatoms. The second-order valence-corrected chi connectivity index (χ2v) is 12.2. The number of carbonyl (C=O) groups excluding carboxylic acids is 4. The van der Waals surface area contributed by atoms with Crippen LogP contribution >= 0.6 is 0 Å². The third-order valence-electron chi connectivity index (χ3n) is 10.2. The first-order chi connectivity index (χ1) is 19.1. The predicted molar refractivity (Wildman–Crippen MR) is 137 cm³/mol. The summed E-state index contributed by atoms with van der Waals surface area (Å²) in [5, 5.41) is 42.0. The second-order valence-electron chi connectivity index (χ2n) is 12.2. The first-order valence-corrected chi connectivity index (χ1v) is 13.9. The summed E-state index contributed by atoms with van der Waals surface area (Å²) in [5.41, 5.74) is -5.84. The molecule has 0 spiro atoms. The molecule has 4 rings (SSSR count). The number of aliphatic hydroxyl groups is 2. The van der Waals surface area contributed by atoms with Crippen molar-refractivity contribution in [1.82, 2.24) is 10.7 Å². The summed E-state index contributed by atoms with van der Waals surface area (Å²) in [6.07, 6.45) is 3.81. The van der Waals surface area contributed by atoms with Gasteiger partial charge in [-0.05, 0) is 63.0 Å². The number of alkyl halides is 1. The smallest absolute Gasteiger partial charge is 0.325 e. The van der Waals surface area contributed by atoms with E-state index in [0.29, 0.717) is 24.8 Å². The topological polar surface area (TPSA) is 183 Å². The van der Waals surface area contributed by atoms with Crippen molar-refractivity contribution in [3.05, 3.63) is 23.8 Å². The van der Waals surface area contributed by atoms with E-state index in [0.717, 1.165) is 0 Å². The monoisotopic (exact) mass is 582 g/mol. The first-order valence-electron chi connectivity index (χ1n) is 13.9. The van der Waals surface area contributed by atoms with Crippen LogP contribution in [0.25, 0.3) is 0 Å². The van der Waals surface area contributed by atoms with Gasteiger partial charge in [-0.15, -0.1) is 0 Å².